The van der Waals surface area contributed by atoms with E-state index in [0.29, 0.717) is 5.75 Å². The van der Waals surface area contributed by atoms with Crippen molar-refractivity contribution in [1.82, 2.24) is 0 Å². The Morgan fingerprint density at radius 2 is 2.38 bits per heavy atom. The molecule has 2 aliphatic heterocycles. The van der Waals surface area contributed by atoms with Gasteiger partial charge in [0, 0.05) is 29.8 Å². The summed E-state index contributed by atoms with van der Waals surface area (Å²) in [5.74, 6) is 2.46. The lowest BCUT2D eigenvalue weighted by Crippen LogP contribution is -2.43. The summed E-state index contributed by atoms with van der Waals surface area (Å²) < 4.78 is 19.2. The van der Waals surface area contributed by atoms with Gasteiger partial charge in [-0.2, -0.15) is 11.8 Å². The van der Waals surface area contributed by atoms with Gasteiger partial charge in [-0.05, 0) is 18.2 Å². The van der Waals surface area contributed by atoms with Crippen molar-refractivity contribution in [2.75, 3.05) is 11.5 Å². The van der Waals surface area contributed by atoms with E-state index in [1.54, 1.807) is 6.07 Å². The molecule has 0 radical (unpaired) electrons. The van der Waals surface area contributed by atoms with Crippen molar-refractivity contribution >= 4 is 11.8 Å². The van der Waals surface area contributed by atoms with E-state index in [4.69, 9.17) is 10.5 Å². The molecule has 2 nitrogen and oxygen atoms in total. The standard InChI is InChI=1S/C12H14FNOS/c13-8-1-2-9-10(14)6-12(3-4-16-7-12)15-11(9)5-8/h1-2,5,10H,3-4,6-7,14H2/t10-,12?/m1/s1. The van der Waals surface area contributed by atoms with Gasteiger partial charge in [-0.3, -0.25) is 0 Å². The van der Waals surface area contributed by atoms with Crippen molar-refractivity contribution in [1.29, 1.82) is 0 Å². The number of benzene rings is 1. The minimum atomic E-state index is -0.256. The van der Waals surface area contributed by atoms with Crippen molar-refractivity contribution in [2.24, 2.45) is 5.73 Å². The molecule has 2 N–H and O–H groups in total. The molecule has 4 heteroatoms. The molecule has 1 saturated heterocycles. The van der Waals surface area contributed by atoms with Gasteiger partial charge in [-0.25, -0.2) is 4.39 Å². The third kappa shape index (κ3) is 1.60. The van der Waals surface area contributed by atoms with Crippen molar-refractivity contribution < 1.29 is 9.13 Å². The fourth-order valence-electron chi connectivity index (χ4n) is 2.52. The highest BCUT2D eigenvalue weighted by atomic mass is 32.2. The summed E-state index contributed by atoms with van der Waals surface area (Å²) in [6, 6.07) is 4.62. The third-order valence-electron chi connectivity index (χ3n) is 3.36. The maximum Gasteiger partial charge on any atom is 0.127 e. The first kappa shape index (κ1) is 10.4. The van der Waals surface area contributed by atoms with Gasteiger partial charge in [0.25, 0.3) is 0 Å². The molecular weight excluding hydrogens is 225 g/mol. The van der Waals surface area contributed by atoms with Gasteiger partial charge in [0.2, 0.25) is 0 Å². The van der Waals surface area contributed by atoms with Crippen LogP contribution in [0.2, 0.25) is 0 Å². The van der Waals surface area contributed by atoms with Crippen LogP contribution in [0.1, 0.15) is 24.4 Å². The van der Waals surface area contributed by atoms with Crippen LogP contribution < -0.4 is 10.5 Å². The average Bonchev–Trinajstić information content (AvgIpc) is 2.65. The largest absolute Gasteiger partial charge is 0.486 e. The van der Waals surface area contributed by atoms with Gasteiger partial charge in [0.15, 0.2) is 0 Å². The van der Waals surface area contributed by atoms with E-state index in [1.165, 1.54) is 12.1 Å². The maximum absolute atomic E-state index is 13.2. The molecule has 0 amide bonds. The number of hydrogen-bond donors (Lipinski definition) is 1. The summed E-state index contributed by atoms with van der Waals surface area (Å²) in [6.45, 7) is 0. The number of hydrogen-bond acceptors (Lipinski definition) is 3. The van der Waals surface area contributed by atoms with Gasteiger partial charge < -0.3 is 10.5 Å². The number of ether oxygens (including phenoxy) is 1. The van der Waals surface area contributed by atoms with Crippen LogP contribution in [0.15, 0.2) is 18.2 Å². The Kier molecular flexibility index (Phi) is 2.37. The zero-order valence-corrected chi connectivity index (χ0v) is 9.73. The van der Waals surface area contributed by atoms with Crippen molar-refractivity contribution in [3.63, 3.8) is 0 Å². The Bertz CT molecular complexity index is 417. The van der Waals surface area contributed by atoms with E-state index in [9.17, 15) is 4.39 Å². The molecule has 2 aliphatic rings. The Morgan fingerprint density at radius 1 is 1.50 bits per heavy atom. The summed E-state index contributed by atoms with van der Waals surface area (Å²) in [6.07, 6.45) is 1.86. The second-order valence-electron chi connectivity index (χ2n) is 4.58. The molecule has 1 unspecified atom stereocenters. The van der Waals surface area contributed by atoms with Crippen LogP contribution >= 0.6 is 11.8 Å². The second kappa shape index (κ2) is 3.64. The molecule has 3 rings (SSSR count). The molecule has 0 aromatic heterocycles. The molecule has 0 bridgehead atoms. The zero-order chi connectivity index (χ0) is 11.2. The lowest BCUT2D eigenvalue weighted by molar-refractivity contribution is 0.0611. The van der Waals surface area contributed by atoms with Crippen molar-refractivity contribution in [2.45, 2.75) is 24.5 Å². The van der Waals surface area contributed by atoms with Crippen molar-refractivity contribution in [3.8, 4) is 5.75 Å². The van der Waals surface area contributed by atoms with Crippen LogP contribution in [0, 0.1) is 5.82 Å². The molecule has 1 aromatic rings. The summed E-state index contributed by atoms with van der Waals surface area (Å²) in [5, 5.41) is 0. The van der Waals surface area contributed by atoms with E-state index < -0.39 is 0 Å². The third-order valence-corrected chi connectivity index (χ3v) is 4.58. The van der Waals surface area contributed by atoms with Crippen molar-refractivity contribution in [3.05, 3.63) is 29.6 Å². The monoisotopic (exact) mass is 239 g/mol. The van der Waals surface area contributed by atoms with E-state index in [2.05, 4.69) is 0 Å². The first-order valence-electron chi connectivity index (χ1n) is 5.50. The Balaban J connectivity index is 2.00. The molecule has 0 saturated carbocycles. The van der Waals surface area contributed by atoms with Crippen LogP contribution in [0.3, 0.4) is 0 Å². The van der Waals surface area contributed by atoms with Crippen LogP contribution in [0.5, 0.6) is 5.75 Å². The SMILES string of the molecule is N[C@@H]1CC2(CCSC2)Oc2cc(F)ccc21. The van der Waals surface area contributed by atoms with E-state index in [-0.39, 0.29) is 17.5 Å². The summed E-state index contributed by atoms with van der Waals surface area (Å²) in [7, 11) is 0. The Hall–Kier alpha value is -0.740. The molecule has 2 heterocycles. The molecule has 1 aromatic carbocycles. The van der Waals surface area contributed by atoms with E-state index in [0.717, 1.165) is 29.9 Å². The summed E-state index contributed by atoms with van der Waals surface area (Å²) >= 11 is 1.89. The topological polar surface area (TPSA) is 35.2 Å². The molecule has 2 atom stereocenters. The highest BCUT2D eigenvalue weighted by Gasteiger charge is 2.42. The minimum absolute atomic E-state index is 0.0250. The van der Waals surface area contributed by atoms with Gasteiger partial charge in [-0.1, -0.05) is 6.07 Å². The van der Waals surface area contributed by atoms with E-state index >= 15 is 0 Å². The van der Waals surface area contributed by atoms with Gasteiger partial charge in [-0.15, -0.1) is 0 Å². The molecule has 1 fully saturated rings. The lowest BCUT2D eigenvalue weighted by Gasteiger charge is -2.38. The number of fused-ring (bicyclic) bond motifs is 1. The predicted octanol–water partition coefficient (Wildman–Crippen LogP) is 2.48. The van der Waals surface area contributed by atoms with Crippen LogP contribution in [0.4, 0.5) is 4.39 Å². The fraction of sp³-hybridized carbons (Fsp3) is 0.500. The summed E-state index contributed by atoms with van der Waals surface area (Å²) in [5.41, 5.74) is 6.93. The molecule has 16 heavy (non-hydrogen) atoms. The quantitative estimate of drug-likeness (QED) is 0.755. The molecule has 1 spiro atoms. The maximum atomic E-state index is 13.2. The number of rotatable bonds is 0. The van der Waals surface area contributed by atoms with Gasteiger partial charge in [0.1, 0.15) is 17.2 Å². The highest BCUT2D eigenvalue weighted by Crippen LogP contribution is 2.45. The summed E-state index contributed by atoms with van der Waals surface area (Å²) in [4.78, 5) is 0. The highest BCUT2D eigenvalue weighted by molar-refractivity contribution is 7.99. The number of thioether (sulfide) groups is 1. The first-order chi connectivity index (χ1) is 7.69. The van der Waals surface area contributed by atoms with Crippen LogP contribution in [-0.4, -0.2) is 17.1 Å². The molecule has 86 valence electrons. The molecular formula is C12H14FNOS. The van der Waals surface area contributed by atoms with Gasteiger partial charge >= 0.3 is 0 Å². The average molecular weight is 239 g/mol. The van der Waals surface area contributed by atoms with Gasteiger partial charge in [0.05, 0.1) is 0 Å². The lowest BCUT2D eigenvalue weighted by atomic mass is 9.87. The first-order valence-corrected chi connectivity index (χ1v) is 6.66. The second-order valence-corrected chi connectivity index (χ2v) is 5.69. The van der Waals surface area contributed by atoms with Crippen LogP contribution in [-0.2, 0) is 0 Å². The molecule has 0 aliphatic carbocycles. The minimum Gasteiger partial charge on any atom is -0.486 e. The smallest absolute Gasteiger partial charge is 0.127 e. The van der Waals surface area contributed by atoms with Crippen LogP contribution in [0.25, 0.3) is 0 Å². The number of nitrogens with two attached hydrogens (primary N) is 1. The normalized spacial score (nSPS) is 32.5. The number of halogens is 1. The Labute approximate surface area is 98.4 Å². The Morgan fingerprint density at radius 3 is 3.12 bits per heavy atom. The fourth-order valence-corrected chi connectivity index (χ4v) is 3.87. The zero-order valence-electron chi connectivity index (χ0n) is 8.91. The van der Waals surface area contributed by atoms with E-state index in [1.807, 2.05) is 11.8 Å². The predicted molar refractivity (Wildman–Crippen MR) is 63.2 cm³/mol.